The van der Waals surface area contributed by atoms with Gasteiger partial charge in [-0.1, -0.05) is 93.9 Å². The highest BCUT2D eigenvalue weighted by Gasteiger charge is 2.42. The monoisotopic (exact) mass is 481 g/mol. The molecular formula is C32H35NO3. The average Bonchev–Trinajstić information content (AvgIpc) is 3.14. The van der Waals surface area contributed by atoms with E-state index >= 15 is 0 Å². The van der Waals surface area contributed by atoms with Crippen LogP contribution in [0.3, 0.4) is 0 Å². The number of benzene rings is 2. The molecule has 1 fully saturated rings. The van der Waals surface area contributed by atoms with Crippen LogP contribution in [0, 0.1) is 23.7 Å². The summed E-state index contributed by atoms with van der Waals surface area (Å²) in [7, 11) is 0. The maximum absolute atomic E-state index is 13.9. The van der Waals surface area contributed by atoms with Crippen molar-refractivity contribution in [1.82, 2.24) is 5.32 Å². The van der Waals surface area contributed by atoms with Gasteiger partial charge < -0.3 is 10.1 Å². The molecule has 0 amide bonds. The number of Topliss-reactive ketones (excluding diaryl/α,β-unsaturated/α-hetero) is 1. The molecule has 4 atom stereocenters. The highest BCUT2D eigenvalue weighted by molar-refractivity contribution is 6.22. The van der Waals surface area contributed by atoms with Gasteiger partial charge in [-0.25, -0.2) is 4.79 Å². The molecule has 0 saturated heterocycles. The number of ketones is 1. The number of hydrogen-bond acceptors (Lipinski definition) is 4. The van der Waals surface area contributed by atoms with Crippen LogP contribution in [0.4, 0.5) is 0 Å². The molecule has 186 valence electrons. The summed E-state index contributed by atoms with van der Waals surface area (Å²) in [6, 6.07) is 17.6. The summed E-state index contributed by atoms with van der Waals surface area (Å²) in [5, 5.41) is 3.41. The quantitative estimate of drug-likeness (QED) is 0.477. The molecule has 2 aromatic carbocycles. The lowest BCUT2D eigenvalue weighted by Gasteiger charge is -2.37. The molecule has 1 N–H and O–H groups in total. The Morgan fingerprint density at radius 2 is 1.72 bits per heavy atom. The second-order valence-corrected chi connectivity index (χ2v) is 10.8. The molecule has 5 rings (SSSR count). The van der Waals surface area contributed by atoms with E-state index < -0.39 is 5.92 Å². The van der Waals surface area contributed by atoms with Crippen LogP contribution in [0.15, 0.2) is 77.5 Å². The van der Waals surface area contributed by atoms with Gasteiger partial charge in [-0.15, -0.1) is 0 Å². The van der Waals surface area contributed by atoms with E-state index in [1.54, 1.807) is 0 Å². The van der Waals surface area contributed by atoms with E-state index in [4.69, 9.17) is 4.74 Å². The Hall–Kier alpha value is -3.40. The number of dihydropyridines is 1. The first kappa shape index (κ1) is 24.3. The van der Waals surface area contributed by atoms with Crippen molar-refractivity contribution in [3.05, 3.63) is 94.2 Å². The van der Waals surface area contributed by atoms with E-state index in [9.17, 15) is 9.59 Å². The Balaban J connectivity index is 1.52. The van der Waals surface area contributed by atoms with Gasteiger partial charge in [0.05, 0.1) is 11.3 Å². The van der Waals surface area contributed by atoms with Crippen LogP contribution in [-0.2, 0) is 9.53 Å². The molecule has 4 heteroatoms. The van der Waals surface area contributed by atoms with E-state index in [0.29, 0.717) is 34.5 Å². The lowest BCUT2D eigenvalue weighted by Crippen LogP contribution is -2.38. The van der Waals surface area contributed by atoms with Crippen molar-refractivity contribution in [2.24, 2.45) is 23.7 Å². The summed E-state index contributed by atoms with van der Waals surface area (Å²) >= 11 is 0. The van der Waals surface area contributed by atoms with E-state index in [2.05, 4.69) is 26.1 Å². The third kappa shape index (κ3) is 4.45. The first-order chi connectivity index (χ1) is 17.3. The lowest BCUT2D eigenvalue weighted by atomic mass is 9.75. The third-order valence-electron chi connectivity index (χ3n) is 8.01. The highest BCUT2D eigenvalue weighted by Crippen LogP contribution is 2.44. The van der Waals surface area contributed by atoms with Crippen LogP contribution in [0.2, 0.25) is 0 Å². The Kier molecular flexibility index (Phi) is 6.70. The Morgan fingerprint density at radius 1 is 1.03 bits per heavy atom. The fourth-order valence-electron chi connectivity index (χ4n) is 6.06. The molecule has 4 unspecified atom stereocenters. The minimum atomic E-state index is -0.479. The molecule has 1 saturated carbocycles. The highest BCUT2D eigenvalue weighted by atomic mass is 16.5. The number of allylic oxidation sites excluding steroid dienone is 3. The zero-order valence-electron chi connectivity index (χ0n) is 21.6. The van der Waals surface area contributed by atoms with Gasteiger partial charge in [-0.05, 0) is 43.1 Å². The Labute approximate surface area is 214 Å². The molecule has 36 heavy (non-hydrogen) atoms. The van der Waals surface area contributed by atoms with Crippen LogP contribution in [0.25, 0.3) is 11.8 Å². The van der Waals surface area contributed by atoms with Crippen molar-refractivity contribution < 1.29 is 14.3 Å². The predicted octanol–water partition coefficient (Wildman–Crippen LogP) is 6.80. The number of nitrogens with one attached hydrogen (secondary N) is 1. The van der Waals surface area contributed by atoms with Crippen molar-refractivity contribution in [1.29, 1.82) is 0 Å². The zero-order chi connectivity index (χ0) is 25.4. The van der Waals surface area contributed by atoms with Gasteiger partial charge in [0.15, 0.2) is 5.78 Å². The van der Waals surface area contributed by atoms with Gasteiger partial charge in [0.2, 0.25) is 0 Å². The zero-order valence-corrected chi connectivity index (χ0v) is 21.6. The summed E-state index contributed by atoms with van der Waals surface area (Å²) in [6.45, 7) is 8.58. The van der Waals surface area contributed by atoms with E-state index in [0.717, 1.165) is 35.4 Å². The van der Waals surface area contributed by atoms with Crippen molar-refractivity contribution in [2.75, 3.05) is 0 Å². The molecule has 0 spiro atoms. The number of carbonyl (C=O) groups is 2. The number of esters is 1. The number of fused-ring (bicyclic) bond motifs is 2. The fraction of sp³-hybridized carbons (Fsp3) is 0.375. The van der Waals surface area contributed by atoms with Crippen LogP contribution < -0.4 is 5.32 Å². The first-order valence-electron chi connectivity index (χ1n) is 13.2. The number of rotatable bonds is 5. The van der Waals surface area contributed by atoms with E-state index in [-0.39, 0.29) is 17.9 Å². The molecule has 0 aromatic heterocycles. The molecular weight excluding hydrogens is 446 g/mol. The van der Waals surface area contributed by atoms with Gasteiger partial charge >= 0.3 is 5.97 Å². The standard InChI is InChI=1S/C32H35NO3/c1-19(2)23-16-14-20(3)18-27(23)36-32(35)28-21(4)33-30-24-12-8-9-13-25(24)31(34)29(30)26(28)17-15-22-10-6-5-7-11-22/h5-13,15,17,19-20,23,26-27,33H,14,16,18H2,1-4H3. The van der Waals surface area contributed by atoms with Crippen LogP contribution in [0.1, 0.15) is 68.4 Å². The molecule has 1 aliphatic heterocycles. The van der Waals surface area contributed by atoms with Crippen molar-refractivity contribution in [3.8, 4) is 0 Å². The maximum atomic E-state index is 13.9. The molecule has 4 nitrogen and oxygen atoms in total. The number of ether oxygens (including phenoxy) is 1. The minimum Gasteiger partial charge on any atom is -0.459 e. The van der Waals surface area contributed by atoms with Crippen molar-refractivity contribution in [3.63, 3.8) is 0 Å². The molecule has 2 aromatic rings. The Morgan fingerprint density at radius 3 is 2.44 bits per heavy atom. The summed E-state index contributed by atoms with van der Waals surface area (Å²) < 4.78 is 6.28. The SMILES string of the molecule is CC1=C(C(=O)OC2CC(C)CCC2C(C)C)C(C=Cc2ccccc2)C2=C(N1)c1ccccc1C2=O. The van der Waals surface area contributed by atoms with Crippen LogP contribution in [-0.4, -0.2) is 17.9 Å². The summed E-state index contributed by atoms with van der Waals surface area (Å²) in [4.78, 5) is 27.4. The summed E-state index contributed by atoms with van der Waals surface area (Å²) in [6.07, 6.45) is 7.01. The first-order valence-corrected chi connectivity index (χ1v) is 13.2. The van der Waals surface area contributed by atoms with Crippen LogP contribution in [0.5, 0.6) is 0 Å². The van der Waals surface area contributed by atoms with Crippen LogP contribution >= 0.6 is 0 Å². The van der Waals surface area contributed by atoms with Crippen molar-refractivity contribution >= 4 is 23.5 Å². The van der Waals surface area contributed by atoms with Gasteiger partial charge in [0.1, 0.15) is 6.10 Å². The molecule has 0 bridgehead atoms. The molecule has 1 heterocycles. The van der Waals surface area contributed by atoms with Gasteiger partial charge in [-0.3, -0.25) is 4.79 Å². The minimum absolute atomic E-state index is 0.0278. The topological polar surface area (TPSA) is 55.4 Å². The molecule has 2 aliphatic carbocycles. The number of carbonyl (C=O) groups excluding carboxylic acids is 2. The maximum Gasteiger partial charge on any atom is 0.337 e. The van der Waals surface area contributed by atoms with E-state index in [1.165, 1.54) is 6.42 Å². The smallest absolute Gasteiger partial charge is 0.337 e. The van der Waals surface area contributed by atoms with Gasteiger partial charge in [0, 0.05) is 28.3 Å². The average molecular weight is 482 g/mol. The Bertz CT molecular complexity index is 1270. The normalized spacial score (nSPS) is 25.8. The summed E-state index contributed by atoms with van der Waals surface area (Å²) in [5.41, 5.74) is 5.29. The largest absolute Gasteiger partial charge is 0.459 e. The fourth-order valence-corrected chi connectivity index (χ4v) is 6.06. The lowest BCUT2D eigenvalue weighted by molar-refractivity contribution is -0.151. The second-order valence-electron chi connectivity index (χ2n) is 10.8. The van der Waals surface area contributed by atoms with Gasteiger partial charge in [0.25, 0.3) is 0 Å². The molecule has 0 radical (unpaired) electrons. The van der Waals surface area contributed by atoms with Crippen molar-refractivity contribution in [2.45, 2.75) is 53.1 Å². The number of hydrogen-bond donors (Lipinski definition) is 1. The molecule has 3 aliphatic rings. The summed E-state index contributed by atoms with van der Waals surface area (Å²) in [5.74, 6) is 0.512. The third-order valence-corrected chi connectivity index (χ3v) is 8.01. The van der Waals surface area contributed by atoms with E-state index in [1.807, 2.05) is 73.7 Å². The predicted molar refractivity (Wildman–Crippen MR) is 144 cm³/mol. The van der Waals surface area contributed by atoms with Gasteiger partial charge in [-0.2, -0.15) is 0 Å². The second kappa shape index (κ2) is 9.93.